The van der Waals surface area contributed by atoms with Crippen LogP contribution in [0, 0.1) is 0 Å². The van der Waals surface area contributed by atoms with Gasteiger partial charge in [-0.15, -0.1) is 0 Å². The van der Waals surface area contributed by atoms with Crippen LogP contribution in [0.15, 0.2) is 54.6 Å². The molecule has 1 saturated heterocycles. The average Bonchev–Trinajstić information content (AvgIpc) is 2.98. The molecule has 7 nitrogen and oxygen atoms in total. The fraction of sp³-hybridized carbons (Fsp3) is 0.158. The molecule has 1 unspecified atom stereocenters. The van der Waals surface area contributed by atoms with E-state index in [0.717, 1.165) is 4.90 Å². The van der Waals surface area contributed by atoms with Crippen molar-refractivity contribution in [2.45, 2.75) is 18.9 Å². The number of primary amides is 1. The molecule has 2 N–H and O–H groups in total. The third kappa shape index (κ3) is 3.46. The van der Waals surface area contributed by atoms with E-state index in [-0.39, 0.29) is 30.2 Å². The van der Waals surface area contributed by atoms with E-state index in [1.807, 2.05) is 0 Å². The van der Waals surface area contributed by atoms with E-state index in [1.165, 1.54) is 24.3 Å². The second-order valence-electron chi connectivity index (χ2n) is 5.77. The van der Waals surface area contributed by atoms with Crippen LogP contribution in [0.3, 0.4) is 0 Å². The predicted molar refractivity (Wildman–Crippen MR) is 92.0 cm³/mol. The number of rotatable bonds is 5. The lowest BCUT2D eigenvalue weighted by molar-refractivity contribution is -0.127. The Morgan fingerprint density at radius 3 is 2.04 bits per heavy atom. The fourth-order valence-electron chi connectivity index (χ4n) is 2.70. The Balaban J connectivity index is 1.76. The minimum atomic E-state index is -1.20. The molecule has 3 amide bonds. The SMILES string of the molecule is NC(=O)C(OC(=O)c1ccc(N2C(=O)CCC2=O)cc1)c1ccccc1. The first-order valence-corrected chi connectivity index (χ1v) is 7.98. The Hall–Kier alpha value is -3.48. The summed E-state index contributed by atoms with van der Waals surface area (Å²) in [7, 11) is 0. The number of hydrogen-bond acceptors (Lipinski definition) is 5. The molecule has 1 aliphatic heterocycles. The van der Waals surface area contributed by atoms with E-state index in [9.17, 15) is 19.2 Å². The molecule has 1 fully saturated rings. The highest BCUT2D eigenvalue weighted by Crippen LogP contribution is 2.24. The van der Waals surface area contributed by atoms with E-state index in [0.29, 0.717) is 11.3 Å². The van der Waals surface area contributed by atoms with E-state index in [1.54, 1.807) is 30.3 Å². The van der Waals surface area contributed by atoms with E-state index in [2.05, 4.69) is 0 Å². The van der Waals surface area contributed by atoms with Crippen LogP contribution >= 0.6 is 0 Å². The van der Waals surface area contributed by atoms with Crippen LogP contribution in [0.2, 0.25) is 0 Å². The Bertz CT molecular complexity index is 845. The van der Waals surface area contributed by atoms with Crippen molar-refractivity contribution < 1.29 is 23.9 Å². The van der Waals surface area contributed by atoms with Crippen LogP contribution in [0.5, 0.6) is 0 Å². The maximum Gasteiger partial charge on any atom is 0.339 e. The molecule has 132 valence electrons. The molecule has 1 aliphatic rings. The van der Waals surface area contributed by atoms with Gasteiger partial charge in [0, 0.05) is 18.4 Å². The van der Waals surface area contributed by atoms with Gasteiger partial charge in [0.15, 0.2) is 0 Å². The molecule has 0 aromatic heterocycles. The van der Waals surface area contributed by atoms with Gasteiger partial charge in [-0.25, -0.2) is 4.79 Å². The average molecular weight is 352 g/mol. The third-order valence-corrected chi connectivity index (χ3v) is 4.00. The lowest BCUT2D eigenvalue weighted by atomic mass is 10.1. The summed E-state index contributed by atoms with van der Waals surface area (Å²) < 4.78 is 5.23. The number of nitrogens with zero attached hydrogens (tertiary/aromatic N) is 1. The number of anilines is 1. The first-order valence-electron chi connectivity index (χ1n) is 7.98. The molecule has 0 bridgehead atoms. The summed E-state index contributed by atoms with van der Waals surface area (Å²) in [6, 6.07) is 14.3. The molecule has 2 aromatic carbocycles. The van der Waals surface area contributed by atoms with Crippen molar-refractivity contribution in [2.24, 2.45) is 5.73 Å². The summed E-state index contributed by atoms with van der Waals surface area (Å²) in [6.45, 7) is 0. The van der Waals surface area contributed by atoms with Gasteiger partial charge in [0.25, 0.3) is 5.91 Å². The van der Waals surface area contributed by atoms with Crippen molar-refractivity contribution in [1.82, 2.24) is 0 Å². The normalized spacial score (nSPS) is 15.0. The van der Waals surface area contributed by atoms with Crippen molar-refractivity contribution >= 4 is 29.4 Å². The van der Waals surface area contributed by atoms with Gasteiger partial charge in [0.2, 0.25) is 17.9 Å². The van der Waals surface area contributed by atoms with E-state index < -0.39 is 18.0 Å². The zero-order chi connectivity index (χ0) is 18.7. The molecule has 1 heterocycles. The largest absolute Gasteiger partial charge is 0.444 e. The van der Waals surface area contributed by atoms with Crippen molar-refractivity contribution in [1.29, 1.82) is 0 Å². The molecule has 2 aromatic rings. The summed E-state index contributed by atoms with van der Waals surface area (Å²) in [5.74, 6) is -2.07. The fourth-order valence-corrected chi connectivity index (χ4v) is 2.70. The molecule has 26 heavy (non-hydrogen) atoms. The number of benzene rings is 2. The zero-order valence-electron chi connectivity index (χ0n) is 13.8. The minimum absolute atomic E-state index is 0.176. The van der Waals surface area contributed by atoms with Crippen molar-refractivity contribution in [3.8, 4) is 0 Å². The van der Waals surface area contributed by atoms with Crippen molar-refractivity contribution in [3.63, 3.8) is 0 Å². The van der Waals surface area contributed by atoms with Gasteiger partial charge in [-0.05, 0) is 24.3 Å². The topological polar surface area (TPSA) is 107 Å². The monoisotopic (exact) mass is 352 g/mol. The van der Waals surface area contributed by atoms with E-state index in [4.69, 9.17) is 10.5 Å². The second-order valence-corrected chi connectivity index (χ2v) is 5.77. The lowest BCUT2D eigenvalue weighted by Crippen LogP contribution is -2.28. The van der Waals surface area contributed by atoms with Gasteiger partial charge in [-0.3, -0.25) is 19.3 Å². The minimum Gasteiger partial charge on any atom is -0.444 e. The van der Waals surface area contributed by atoms with Crippen LogP contribution in [-0.4, -0.2) is 23.7 Å². The second kappa shape index (κ2) is 7.18. The van der Waals surface area contributed by atoms with Crippen molar-refractivity contribution in [2.75, 3.05) is 4.90 Å². The number of nitrogens with two attached hydrogens (primary N) is 1. The summed E-state index contributed by atoms with van der Waals surface area (Å²) in [5, 5.41) is 0. The summed E-state index contributed by atoms with van der Waals surface area (Å²) in [4.78, 5) is 48.5. The standard InChI is InChI=1S/C19H16N2O5/c20-18(24)17(12-4-2-1-3-5-12)26-19(25)13-6-8-14(9-7-13)21-15(22)10-11-16(21)23/h1-9,17H,10-11H2,(H2,20,24). The first kappa shape index (κ1) is 17.3. The molecule has 1 atom stereocenters. The smallest absolute Gasteiger partial charge is 0.339 e. The zero-order valence-corrected chi connectivity index (χ0v) is 13.8. The highest BCUT2D eigenvalue weighted by Gasteiger charge is 2.30. The predicted octanol–water partition coefficient (Wildman–Crippen LogP) is 1.72. The van der Waals surface area contributed by atoms with Crippen LogP contribution in [0.25, 0.3) is 0 Å². The van der Waals surface area contributed by atoms with Gasteiger partial charge < -0.3 is 10.5 Å². The molecule has 0 aliphatic carbocycles. The molecule has 7 heteroatoms. The van der Waals surface area contributed by atoms with E-state index >= 15 is 0 Å². The molecular formula is C19H16N2O5. The summed E-state index contributed by atoms with van der Waals surface area (Å²) in [5.41, 5.74) is 6.37. The number of esters is 1. The number of amides is 3. The van der Waals surface area contributed by atoms with Crippen LogP contribution < -0.4 is 10.6 Å². The van der Waals surface area contributed by atoms with Gasteiger partial charge in [-0.1, -0.05) is 30.3 Å². The number of imide groups is 1. The molecule has 3 rings (SSSR count). The summed E-state index contributed by atoms with van der Waals surface area (Å²) >= 11 is 0. The van der Waals surface area contributed by atoms with Gasteiger partial charge >= 0.3 is 5.97 Å². The van der Waals surface area contributed by atoms with Gasteiger partial charge in [0.1, 0.15) is 0 Å². The Morgan fingerprint density at radius 2 is 1.50 bits per heavy atom. The number of hydrogen-bond donors (Lipinski definition) is 1. The Labute approximate surface area is 149 Å². The first-order chi connectivity index (χ1) is 12.5. The van der Waals surface area contributed by atoms with Crippen LogP contribution in [0.4, 0.5) is 5.69 Å². The highest BCUT2D eigenvalue weighted by atomic mass is 16.5. The maximum atomic E-state index is 12.3. The molecule has 0 saturated carbocycles. The molecule has 0 radical (unpaired) electrons. The quantitative estimate of drug-likeness (QED) is 0.651. The van der Waals surface area contributed by atoms with Gasteiger partial charge in [0.05, 0.1) is 11.3 Å². The van der Waals surface area contributed by atoms with Gasteiger partial charge in [-0.2, -0.15) is 0 Å². The lowest BCUT2D eigenvalue weighted by Gasteiger charge is -2.16. The molecular weight excluding hydrogens is 336 g/mol. The summed E-state index contributed by atoms with van der Waals surface area (Å²) in [6.07, 6.45) is -0.842. The molecule has 0 spiro atoms. The highest BCUT2D eigenvalue weighted by molar-refractivity contribution is 6.19. The number of carbonyl (C=O) groups is 4. The maximum absolute atomic E-state index is 12.3. The Kier molecular flexibility index (Phi) is 4.79. The Morgan fingerprint density at radius 1 is 0.923 bits per heavy atom. The van der Waals surface area contributed by atoms with Crippen LogP contribution in [0.1, 0.15) is 34.9 Å². The number of carbonyl (C=O) groups excluding carboxylic acids is 4. The van der Waals surface area contributed by atoms with Crippen LogP contribution in [-0.2, 0) is 19.1 Å². The number of ether oxygens (including phenoxy) is 1. The van der Waals surface area contributed by atoms with Crippen molar-refractivity contribution in [3.05, 3.63) is 65.7 Å². The third-order valence-electron chi connectivity index (χ3n) is 4.00.